The number of ether oxygens (including phenoxy) is 2. The Balaban J connectivity index is 1.56. The number of aromatic amines is 1. The SMILES string of the molecule is COc1cccc(CN(CCCN)C(=O)Nc2ccc(-c3cn[nH]c3)cc2OCc2cccnc2)c1. The summed E-state index contributed by atoms with van der Waals surface area (Å²) >= 11 is 0. The van der Waals surface area contributed by atoms with E-state index >= 15 is 0 Å². The second-order valence-corrected chi connectivity index (χ2v) is 8.19. The lowest BCUT2D eigenvalue weighted by Gasteiger charge is -2.24. The lowest BCUT2D eigenvalue weighted by molar-refractivity contribution is 0.208. The van der Waals surface area contributed by atoms with E-state index in [0.29, 0.717) is 44.1 Å². The van der Waals surface area contributed by atoms with E-state index in [-0.39, 0.29) is 6.03 Å². The number of carbonyl (C=O) groups is 1. The molecule has 0 fully saturated rings. The first-order valence-corrected chi connectivity index (χ1v) is 11.7. The van der Waals surface area contributed by atoms with Gasteiger partial charge in [0.05, 0.1) is 19.0 Å². The van der Waals surface area contributed by atoms with Crippen molar-refractivity contribution in [2.24, 2.45) is 5.73 Å². The average Bonchev–Trinajstić information content (AvgIpc) is 3.46. The number of urea groups is 1. The zero-order valence-corrected chi connectivity index (χ0v) is 20.2. The van der Waals surface area contributed by atoms with Crippen molar-refractivity contribution in [3.05, 3.63) is 90.5 Å². The molecule has 2 aromatic carbocycles. The highest BCUT2D eigenvalue weighted by molar-refractivity contribution is 5.91. The number of carbonyl (C=O) groups excluding carboxylic acids is 1. The number of hydrogen-bond donors (Lipinski definition) is 3. The molecule has 0 aliphatic carbocycles. The minimum Gasteiger partial charge on any atom is -0.497 e. The van der Waals surface area contributed by atoms with Crippen LogP contribution < -0.4 is 20.5 Å². The molecule has 36 heavy (non-hydrogen) atoms. The van der Waals surface area contributed by atoms with E-state index < -0.39 is 0 Å². The number of aromatic nitrogens is 3. The van der Waals surface area contributed by atoms with Crippen LogP contribution in [0.15, 0.2) is 79.4 Å². The lowest BCUT2D eigenvalue weighted by atomic mass is 10.1. The first kappa shape index (κ1) is 24.7. The van der Waals surface area contributed by atoms with Crippen molar-refractivity contribution in [3.8, 4) is 22.6 Å². The third-order valence-corrected chi connectivity index (χ3v) is 5.60. The van der Waals surface area contributed by atoms with Crippen LogP contribution in [0.1, 0.15) is 17.5 Å². The Morgan fingerprint density at radius 2 is 1.97 bits per heavy atom. The molecule has 0 saturated carbocycles. The second-order valence-electron chi connectivity index (χ2n) is 8.19. The Hall–Kier alpha value is -4.37. The summed E-state index contributed by atoms with van der Waals surface area (Å²) in [6.07, 6.45) is 7.69. The molecule has 9 nitrogen and oxygen atoms in total. The van der Waals surface area contributed by atoms with Gasteiger partial charge in [0.15, 0.2) is 0 Å². The molecule has 186 valence electrons. The molecule has 0 unspecified atom stereocenters. The highest BCUT2D eigenvalue weighted by Gasteiger charge is 2.17. The normalized spacial score (nSPS) is 10.6. The van der Waals surface area contributed by atoms with Gasteiger partial charge in [-0.3, -0.25) is 10.1 Å². The molecule has 0 radical (unpaired) electrons. The van der Waals surface area contributed by atoms with Gasteiger partial charge >= 0.3 is 6.03 Å². The molecule has 2 heterocycles. The molecule has 0 spiro atoms. The number of anilines is 1. The average molecular weight is 487 g/mol. The number of amides is 2. The number of nitrogens with zero attached hydrogens (tertiary/aromatic N) is 3. The number of hydrogen-bond acceptors (Lipinski definition) is 6. The van der Waals surface area contributed by atoms with E-state index in [1.54, 1.807) is 36.8 Å². The number of nitrogens with two attached hydrogens (primary N) is 1. The fraction of sp³-hybridized carbons (Fsp3) is 0.222. The molecule has 0 saturated heterocycles. The van der Waals surface area contributed by atoms with Gasteiger partial charge in [-0.2, -0.15) is 5.10 Å². The van der Waals surface area contributed by atoms with Gasteiger partial charge in [0.2, 0.25) is 0 Å². The second kappa shape index (κ2) is 12.4. The van der Waals surface area contributed by atoms with E-state index in [2.05, 4.69) is 20.5 Å². The van der Waals surface area contributed by atoms with Crippen LogP contribution >= 0.6 is 0 Å². The maximum Gasteiger partial charge on any atom is 0.322 e. The maximum atomic E-state index is 13.4. The summed E-state index contributed by atoms with van der Waals surface area (Å²) in [6, 6.07) is 16.9. The summed E-state index contributed by atoms with van der Waals surface area (Å²) < 4.78 is 11.5. The van der Waals surface area contributed by atoms with Crippen molar-refractivity contribution in [2.75, 3.05) is 25.5 Å². The Morgan fingerprint density at radius 1 is 1.08 bits per heavy atom. The predicted molar refractivity (Wildman–Crippen MR) is 139 cm³/mol. The van der Waals surface area contributed by atoms with Gasteiger partial charge in [0.1, 0.15) is 18.1 Å². The van der Waals surface area contributed by atoms with E-state index in [1.165, 1.54) is 0 Å². The summed E-state index contributed by atoms with van der Waals surface area (Å²) in [5.41, 5.74) is 10.0. The van der Waals surface area contributed by atoms with Crippen molar-refractivity contribution in [1.29, 1.82) is 0 Å². The lowest BCUT2D eigenvalue weighted by Crippen LogP contribution is -2.36. The Bertz CT molecular complexity index is 1250. The van der Waals surface area contributed by atoms with Crippen LogP contribution in [0.5, 0.6) is 11.5 Å². The van der Waals surface area contributed by atoms with Gasteiger partial charge in [-0.1, -0.05) is 24.3 Å². The number of methoxy groups -OCH3 is 1. The van der Waals surface area contributed by atoms with Crippen molar-refractivity contribution in [2.45, 2.75) is 19.6 Å². The Kier molecular flexibility index (Phi) is 8.50. The van der Waals surface area contributed by atoms with Gasteiger partial charge in [-0.15, -0.1) is 0 Å². The van der Waals surface area contributed by atoms with Crippen molar-refractivity contribution in [3.63, 3.8) is 0 Å². The van der Waals surface area contributed by atoms with E-state index in [9.17, 15) is 4.79 Å². The zero-order chi connectivity index (χ0) is 25.2. The number of nitrogens with one attached hydrogen (secondary N) is 2. The molecule has 0 bridgehead atoms. The van der Waals surface area contributed by atoms with Gasteiger partial charge in [0, 0.05) is 42.8 Å². The van der Waals surface area contributed by atoms with E-state index in [0.717, 1.165) is 28.0 Å². The number of rotatable bonds is 11. The summed E-state index contributed by atoms with van der Waals surface area (Å²) in [4.78, 5) is 19.3. The van der Waals surface area contributed by atoms with Crippen molar-refractivity contribution >= 4 is 11.7 Å². The van der Waals surface area contributed by atoms with Gasteiger partial charge in [0.25, 0.3) is 0 Å². The molecule has 4 aromatic rings. The molecule has 0 aliphatic rings. The summed E-state index contributed by atoms with van der Waals surface area (Å²) in [6.45, 7) is 1.73. The van der Waals surface area contributed by atoms with E-state index in [4.69, 9.17) is 15.2 Å². The number of benzene rings is 2. The zero-order valence-electron chi connectivity index (χ0n) is 20.2. The smallest absolute Gasteiger partial charge is 0.322 e. The van der Waals surface area contributed by atoms with Gasteiger partial charge in [-0.05, 0) is 54.4 Å². The molecule has 4 rings (SSSR count). The number of pyridine rings is 1. The molecule has 2 aromatic heterocycles. The Morgan fingerprint density at radius 3 is 2.72 bits per heavy atom. The minimum atomic E-state index is -0.242. The molecule has 4 N–H and O–H groups in total. The predicted octanol–water partition coefficient (Wildman–Crippen LogP) is 4.44. The maximum absolute atomic E-state index is 13.4. The van der Waals surface area contributed by atoms with E-state index in [1.807, 2.05) is 54.6 Å². The van der Waals surface area contributed by atoms with Gasteiger partial charge in [-0.25, -0.2) is 4.79 Å². The molecular weight excluding hydrogens is 456 g/mol. The quantitative estimate of drug-likeness (QED) is 0.288. The first-order valence-electron chi connectivity index (χ1n) is 11.7. The fourth-order valence-electron chi connectivity index (χ4n) is 3.70. The first-order chi connectivity index (χ1) is 17.7. The minimum absolute atomic E-state index is 0.242. The molecular formula is C27H30N6O3. The number of H-pyrrole nitrogens is 1. The van der Waals surface area contributed by atoms with Gasteiger partial charge < -0.3 is 25.4 Å². The molecule has 0 atom stereocenters. The standard InChI is InChI=1S/C27H30N6O3/c1-35-24-7-2-5-20(13-24)18-33(12-4-10-28)27(34)32-25-9-8-22(23-16-30-31-17-23)14-26(25)36-19-21-6-3-11-29-15-21/h2-3,5-9,11,13-17H,4,10,12,18-19,28H2,1H3,(H,30,31)(H,32,34). The molecule has 9 heteroatoms. The third kappa shape index (κ3) is 6.61. The third-order valence-electron chi connectivity index (χ3n) is 5.60. The van der Waals surface area contributed by atoms with Crippen molar-refractivity contribution in [1.82, 2.24) is 20.1 Å². The Labute approximate surface area is 210 Å². The van der Waals surface area contributed by atoms with Crippen LogP contribution in [0.2, 0.25) is 0 Å². The van der Waals surface area contributed by atoms with Crippen LogP contribution in [0, 0.1) is 0 Å². The van der Waals surface area contributed by atoms with Crippen LogP contribution in [0.25, 0.3) is 11.1 Å². The summed E-state index contributed by atoms with van der Waals surface area (Å²) in [7, 11) is 1.62. The van der Waals surface area contributed by atoms with Crippen LogP contribution in [-0.4, -0.2) is 46.3 Å². The van der Waals surface area contributed by atoms with Crippen LogP contribution in [0.3, 0.4) is 0 Å². The monoisotopic (exact) mass is 486 g/mol. The molecule has 2 amide bonds. The fourth-order valence-corrected chi connectivity index (χ4v) is 3.70. The topological polar surface area (TPSA) is 118 Å². The molecule has 0 aliphatic heterocycles. The highest BCUT2D eigenvalue weighted by Crippen LogP contribution is 2.32. The highest BCUT2D eigenvalue weighted by atomic mass is 16.5. The van der Waals surface area contributed by atoms with Crippen molar-refractivity contribution < 1.29 is 14.3 Å². The summed E-state index contributed by atoms with van der Waals surface area (Å²) in [5.74, 6) is 1.29. The summed E-state index contributed by atoms with van der Waals surface area (Å²) in [5, 5.41) is 9.88. The van der Waals surface area contributed by atoms with Crippen LogP contribution in [-0.2, 0) is 13.2 Å². The largest absolute Gasteiger partial charge is 0.497 e. The van der Waals surface area contributed by atoms with Crippen LogP contribution in [0.4, 0.5) is 10.5 Å².